The SMILES string of the molecule is Cc1ccc(CC(=O)N2CCCCCC2C(=O)O)cc1C. The van der Waals surface area contributed by atoms with Crippen LogP contribution < -0.4 is 0 Å². The standard InChI is InChI=1S/C17H23NO3/c1-12-7-8-14(10-13(12)2)11-16(19)18-9-5-3-4-6-15(18)17(20)21/h7-8,10,15H,3-6,9,11H2,1-2H3,(H,20,21). The van der Waals surface area contributed by atoms with Gasteiger partial charge >= 0.3 is 5.97 Å². The van der Waals surface area contributed by atoms with Crippen molar-refractivity contribution >= 4 is 11.9 Å². The molecule has 1 aromatic rings. The summed E-state index contributed by atoms with van der Waals surface area (Å²) in [6.45, 7) is 4.62. The van der Waals surface area contributed by atoms with Gasteiger partial charge in [-0.2, -0.15) is 0 Å². The number of carboxylic acid groups (broad SMARTS) is 1. The smallest absolute Gasteiger partial charge is 0.326 e. The zero-order chi connectivity index (χ0) is 15.4. The van der Waals surface area contributed by atoms with Gasteiger partial charge in [-0.1, -0.05) is 31.0 Å². The summed E-state index contributed by atoms with van der Waals surface area (Å²) in [6, 6.07) is 5.32. The third-order valence-electron chi connectivity index (χ3n) is 4.28. The predicted molar refractivity (Wildman–Crippen MR) is 81.2 cm³/mol. The Hall–Kier alpha value is -1.84. The lowest BCUT2D eigenvalue weighted by molar-refractivity contribution is -0.150. The van der Waals surface area contributed by atoms with Gasteiger partial charge in [0.25, 0.3) is 0 Å². The van der Waals surface area contributed by atoms with Crippen molar-refractivity contribution < 1.29 is 14.7 Å². The molecule has 1 atom stereocenters. The highest BCUT2D eigenvalue weighted by atomic mass is 16.4. The molecule has 1 aromatic carbocycles. The second kappa shape index (κ2) is 6.74. The number of aryl methyl sites for hydroxylation is 2. The highest BCUT2D eigenvalue weighted by molar-refractivity contribution is 5.85. The van der Waals surface area contributed by atoms with Crippen molar-refractivity contribution in [2.24, 2.45) is 0 Å². The second-order valence-corrected chi connectivity index (χ2v) is 5.89. The lowest BCUT2D eigenvalue weighted by atomic mass is 10.0. The Morgan fingerprint density at radius 2 is 1.95 bits per heavy atom. The largest absolute Gasteiger partial charge is 0.480 e. The van der Waals surface area contributed by atoms with Crippen molar-refractivity contribution in [3.05, 3.63) is 34.9 Å². The van der Waals surface area contributed by atoms with Gasteiger partial charge in [0.2, 0.25) is 5.91 Å². The number of likely N-dealkylation sites (tertiary alicyclic amines) is 1. The van der Waals surface area contributed by atoms with E-state index in [0.29, 0.717) is 13.0 Å². The molecule has 1 unspecified atom stereocenters. The third-order valence-corrected chi connectivity index (χ3v) is 4.28. The van der Waals surface area contributed by atoms with Gasteiger partial charge in [0.15, 0.2) is 0 Å². The molecule has 1 N–H and O–H groups in total. The Balaban J connectivity index is 2.12. The van der Waals surface area contributed by atoms with Gasteiger partial charge in [0.05, 0.1) is 6.42 Å². The van der Waals surface area contributed by atoms with Crippen molar-refractivity contribution in [3.8, 4) is 0 Å². The summed E-state index contributed by atoms with van der Waals surface area (Å²) < 4.78 is 0. The number of hydrogen-bond acceptors (Lipinski definition) is 2. The summed E-state index contributed by atoms with van der Waals surface area (Å²) in [7, 11) is 0. The minimum Gasteiger partial charge on any atom is -0.480 e. The van der Waals surface area contributed by atoms with E-state index < -0.39 is 12.0 Å². The van der Waals surface area contributed by atoms with E-state index in [1.165, 1.54) is 5.56 Å². The van der Waals surface area contributed by atoms with Gasteiger partial charge in [0, 0.05) is 6.54 Å². The van der Waals surface area contributed by atoms with Gasteiger partial charge < -0.3 is 10.0 Å². The molecule has 0 aliphatic carbocycles. The Morgan fingerprint density at radius 1 is 1.19 bits per heavy atom. The summed E-state index contributed by atoms with van der Waals surface area (Å²) >= 11 is 0. The first-order valence-electron chi connectivity index (χ1n) is 7.57. The number of aliphatic carboxylic acids is 1. The molecule has 1 heterocycles. The summed E-state index contributed by atoms with van der Waals surface area (Å²) in [5, 5.41) is 9.34. The third kappa shape index (κ3) is 3.84. The Kier molecular flexibility index (Phi) is 4.99. The molecule has 1 saturated heterocycles. The van der Waals surface area contributed by atoms with Crippen LogP contribution in [0.5, 0.6) is 0 Å². The number of rotatable bonds is 3. The van der Waals surface area contributed by atoms with Crippen LogP contribution in [0.4, 0.5) is 0 Å². The second-order valence-electron chi connectivity index (χ2n) is 5.89. The van der Waals surface area contributed by atoms with E-state index in [9.17, 15) is 14.7 Å². The number of carbonyl (C=O) groups is 2. The maximum atomic E-state index is 12.5. The van der Waals surface area contributed by atoms with Crippen LogP contribution in [-0.2, 0) is 16.0 Å². The van der Waals surface area contributed by atoms with E-state index in [4.69, 9.17) is 0 Å². The van der Waals surface area contributed by atoms with Gasteiger partial charge in [-0.3, -0.25) is 4.79 Å². The lowest BCUT2D eigenvalue weighted by Crippen LogP contribution is -2.45. The van der Waals surface area contributed by atoms with Crippen LogP contribution in [-0.4, -0.2) is 34.5 Å². The molecule has 2 rings (SSSR count). The monoisotopic (exact) mass is 289 g/mol. The van der Waals surface area contributed by atoms with Crippen molar-refractivity contribution in [1.29, 1.82) is 0 Å². The first-order chi connectivity index (χ1) is 9.99. The summed E-state index contributed by atoms with van der Waals surface area (Å²) in [5.41, 5.74) is 3.31. The van der Waals surface area contributed by atoms with E-state index >= 15 is 0 Å². The predicted octanol–water partition coefficient (Wildman–Crippen LogP) is 2.70. The lowest BCUT2D eigenvalue weighted by Gasteiger charge is -2.27. The minimum absolute atomic E-state index is 0.0763. The first kappa shape index (κ1) is 15.5. The number of carboxylic acids is 1. The normalized spacial score (nSPS) is 19.1. The number of hydrogen-bond donors (Lipinski definition) is 1. The van der Waals surface area contributed by atoms with Crippen LogP contribution in [0.3, 0.4) is 0 Å². The van der Waals surface area contributed by atoms with Crippen LogP contribution >= 0.6 is 0 Å². The zero-order valence-corrected chi connectivity index (χ0v) is 12.8. The molecule has 0 spiro atoms. The van der Waals surface area contributed by atoms with Gasteiger partial charge in [-0.25, -0.2) is 4.79 Å². The molecule has 0 saturated carbocycles. The molecular weight excluding hydrogens is 266 g/mol. The minimum atomic E-state index is -0.884. The van der Waals surface area contributed by atoms with Gasteiger partial charge in [-0.05, 0) is 43.4 Å². The number of nitrogens with zero attached hydrogens (tertiary/aromatic N) is 1. The molecule has 114 valence electrons. The summed E-state index contributed by atoms with van der Waals surface area (Å²) in [4.78, 5) is 25.4. The Bertz CT molecular complexity index is 539. The molecule has 1 aliphatic heterocycles. The van der Waals surface area contributed by atoms with Crippen LogP contribution in [0.25, 0.3) is 0 Å². The highest BCUT2D eigenvalue weighted by Gasteiger charge is 2.30. The number of benzene rings is 1. The van der Waals surface area contributed by atoms with Crippen LogP contribution in [0.2, 0.25) is 0 Å². The average Bonchev–Trinajstić information content (AvgIpc) is 2.68. The van der Waals surface area contributed by atoms with E-state index in [-0.39, 0.29) is 12.3 Å². The zero-order valence-electron chi connectivity index (χ0n) is 12.8. The fourth-order valence-corrected chi connectivity index (χ4v) is 2.85. The van der Waals surface area contributed by atoms with Crippen LogP contribution in [0, 0.1) is 13.8 Å². The fraction of sp³-hybridized carbons (Fsp3) is 0.529. The Labute approximate surface area is 125 Å². The fourth-order valence-electron chi connectivity index (χ4n) is 2.85. The maximum absolute atomic E-state index is 12.5. The van der Waals surface area contributed by atoms with E-state index in [1.54, 1.807) is 4.90 Å². The summed E-state index contributed by atoms with van der Waals surface area (Å²) in [6.07, 6.45) is 3.61. The molecule has 0 bridgehead atoms. The first-order valence-corrected chi connectivity index (χ1v) is 7.57. The number of amides is 1. The molecule has 4 nitrogen and oxygen atoms in total. The molecule has 4 heteroatoms. The van der Waals surface area contributed by atoms with Gasteiger partial charge in [-0.15, -0.1) is 0 Å². The van der Waals surface area contributed by atoms with E-state index in [2.05, 4.69) is 0 Å². The molecule has 21 heavy (non-hydrogen) atoms. The quantitative estimate of drug-likeness (QED) is 0.930. The molecule has 1 fully saturated rings. The average molecular weight is 289 g/mol. The highest BCUT2D eigenvalue weighted by Crippen LogP contribution is 2.19. The summed E-state index contributed by atoms with van der Waals surface area (Å²) in [5.74, 6) is -0.960. The van der Waals surface area contributed by atoms with Crippen molar-refractivity contribution in [2.45, 2.75) is 52.0 Å². The molecule has 0 aromatic heterocycles. The van der Waals surface area contributed by atoms with Crippen molar-refractivity contribution in [1.82, 2.24) is 4.90 Å². The van der Waals surface area contributed by atoms with Crippen molar-refractivity contribution in [3.63, 3.8) is 0 Å². The molecule has 1 amide bonds. The van der Waals surface area contributed by atoms with Crippen LogP contribution in [0.15, 0.2) is 18.2 Å². The van der Waals surface area contributed by atoms with E-state index in [0.717, 1.165) is 30.4 Å². The molecular formula is C17H23NO3. The molecule has 1 aliphatic rings. The van der Waals surface area contributed by atoms with E-state index in [1.807, 2.05) is 32.0 Å². The Morgan fingerprint density at radius 3 is 2.62 bits per heavy atom. The molecule has 0 radical (unpaired) electrons. The van der Waals surface area contributed by atoms with Gasteiger partial charge in [0.1, 0.15) is 6.04 Å². The topological polar surface area (TPSA) is 57.6 Å². The van der Waals surface area contributed by atoms with Crippen molar-refractivity contribution in [2.75, 3.05) is 6.54 Å². The van der Waals surface area contributed by atoms with Crippen LogP contribution in [0.1, 0.15) is 42.4 Å². The maximum Gasteiger partial charge on any atom is 0.326 e. The number of carbonyl (C=O) groups excluding carboxylic acids is 1.